The molecule has 1 aromatic rings. The van der Waals surface area contributed by atoms with E-state index >= 15 is 0 Å². The van der Waals surface area contributed by atoms with Crippen LogP contribution in [0.25, 0.3) is 0 Å². The SMILES string of the molecule is C[C@H]1C[C@@H](CO)[C@](NC(=S)NC(=O)c2ccccc2)(C2C=CC=C(C#N)C2)CO1. The highest BCUT2D eigenvalue weighted by molar-refractivity contribution is 7.80. The van der Waals surface area contributed by atoms with Gasteiger partial charge in [0.15, 0.2) is 5.11 Å². The molecule has 3 N–H and O–H groups in total. The van der Waals surface area contributed by atoms with Gasteiger partial charge in [0.25, 0.3) is 5.91 Å². The third-order valence-corrected chi connectivity index (χ3v) is 5.87. The van der Waals surface area contributed by atoms with Gasteiger partial charge < -0.3 is 15.2 Å². The van der Waals surface area contributed by atoms with E-state index in [1.807, 2.05) is 25.1 Å². The number of aliphatic hydroxyl groups is 1. The van der Waals surface area contributed by atoms with Crippen molar-refractivity contribution < 1.29 is 14.6 Å². The van der Waals surface area contributed by atoms with Gasteiger partial charge in [0.2, 0.25) is 0 Å². The maximum atomic E-state index is 12.5. The molecule has 6 nitrogen and oxygen atoms in total. The number of carbonyl (C=O) groups is 1. The van der Waals surface area contributed by atoms with Crippen LogP contribution in [0.4, 0.5) is 0 Å². The summed E-state index contributed by atoms with van der Waals surface area (Å²) < 4.78 is 5.96. The molecule has 152 valence electrons. The van der Waals surface area contributed by atoms with Crippen LogP contribution in [0, 0.1) is 23.2 Å². The first-order chi connectivity index (χ1) is 14.0. The lowest BCUT2D eigenvalue weighted by atomic mass is 9.68. The highest BCUT2D eigenvalue weighted by atomic mass is 32.1. The fourth-order valence-corrected chi connectivity index (χ4v) is 4.36. The van der Waals surface area contributed by atoms with Crippen LogP contribution in [0.3, 0.4) is 0 Å². The minimum absolute atomic E-state index is 0.00751. The number of rotatable bonds is 4. The zero-order valence-electron chi connectivity index (χ0n) is 16.3. The van der Waals surface area contributed by atoms with Gasteiger partial charge in [-0.2, -0.15) is 5.26 Å². The molecule has 7 heteroatoms. The van der Waals surface area contributed by atoms with Crippen molar-refractivity contribution in [3.63, 3.8) is 0 Å². The highest BCUT2D eigenvalue weighted by Crippen LogP contribution is 2.40. The Balaban J connectivity index is 1.83. The molecule has 1 fully saturated rings. The monoisotopic (exact) mass is 411 g/mol. The first-order valence-corrected chi connectivity index (χ1v) is 10.1. The van der Waals surface area contributed by atoms with Crippen molar-refractivity contribution in [2.75, 3.05) is 13.2 Å². The molecule has 1 saturated heterocycles. The van der Waals surface area contributed by atoms with Crippen LogP contribution in [0.5, 0.6) is 0 Å². The fourth-order valence-electron chi connectivity index (χ4n) is 4.08. The van der Waals surface area contributed by atoms with E-state index in [4.69, 9.17) is 17.0 Å². The van der Waals surface area contributed by atoms with Crippen LogP contribution >= 0.6 is 12.2 Å². The van der Waals surface area contributed by atoms with Crippen molar-refractivity contribution >= 4 is 23.2 Å². The van der Waals surface area contributed by atoms with Gasteiger partial charge in [-0.05, 0) is 50.2 Å². The molecule has 4 atom stereocenters. The van der Waals surface area contributed by atoms with E-state index in [0.29, 0.717) is 30.6 Å². The second kappa shape index (κ2) is 9.31. The van der Waals surface area contributed by atoms with E-state index < -0.39 is 5.54 Å². The van der Waals surface area contributed by atoms with Gasteiger partial charge in [-0.25, -0.2) is 0 Å². The van der Waals surface area contributed by atoms with Gasteiger partial charge in [-0.1, -0.05) is 30.4 Å². The van der Waals surface area contributed by atoms with Crippen LogP contribution in [-0.4, -0.2) is 41.0 Å². The maximum Gasteiger partial charge on any atom is 0.257 e. The number of hydrogen-bond acceptors (Lipinski definition) is 5. The minimum atomic E-state index is -0.727. The van der Waals surface area contributed by atoms with Gasteiger partial charge in [-0.15, -0.1) is 0 Å². The lowest BCUT2D eigenvalue weighted by molar-refractivity contribution is -0.0863. The second-order valence-corrected chi connectivity index (χ2v) is 7.96. The molecule has 1 unspecified atom stereocenters. The number of amides is 1. The van der Waals surface area contributed by atoms with Gasteiger partial charge >= 0.3 is 0 Å². The van der Waals surface area contributed by atoms with Gasteiger partial charge in [0.1, 0.15) is 0 Å². The summed E-state index contributed by atoms with van der Waals surface area (Å²) in [5.74, 6) is -0.565. The maximum absolute atomic E-state index is 12.5. The number of nitrogens with one attached hydrogen (secondary N) is 2. The Labute approximate surface area is 176 Å². The van der Waals surface area contributed by atoms with Crippen LogP contribution in [-0.2, 0) is 4.74 Å². The van der Waals surface area contributed by atoms with E-state index in [2.05, 4.69) is 16.7 Å². The molecule has 0 aromatic heterocycles. The summed E-state index contributed by atoms with van der Waals surface area (Å²) in [7, 11) is 0. The number of nitrogens with zero attached hydrogens (tertiary/aromatic N) is 1. The molecule has 1 amide bonds. The molecule has 3 rings (SSSR count). The Morgan fingerprint density at radius 3 is 2.86 bits per heavy atom. The second-order valence-electron chi connectivity index (χ2n) is 7.55. The molecule has 0 saturated carbocycles. The Kier molecular flexibility index (Phi) is 6.80. The Bertz CT molecular complexity index is 862. The standard InChI is InChI=1S/C22H25N3O3S/c1-15-10-19(13-26)22(14-28-15,18-9-5-6-16(11-18)12-23)25-21(29)24-20(27)17-7-3-2-4-8-17/h2-9,15,18-19,26H,10-11,13-14H2,1H3,(H2,24,25,27,29)/t15-,18?,19-,22+/m0/s1. The summed E-state index contributed by atoms with van der Waals surface area (Å²) in [5, 5.41) is 25.7. The summed E-state index contributed by atoms with van der Waals surface area (Å²) in [6.07, 6.45) is 6.83. The molecule has 2 aliphatic rings. The number of ether oxygens (including phenoxy) is 1. The van der Waals surface area contributed by atoms with Crippen LogP contribution in [0.15, 0.2) is 54.1 Å². The zero-order valence-corrected chi connectivity index (χ0v) is 17.1. The number of carbonyl (C=O) groups excluding carboxylic acids is 1. The topological polar surface area (TPSA) is 94.4 Å². The molecule has 0 spiro atoms. The van der Waals surface area contributed by atoms with E-state index in [-0.39, 0.29) is 35.6 Å². The van der Waals surface area contributed by atoms with Gasteiger partial charge in [-0.3, -0.25) is 10.1 Å². The number of allylic oxidation sites excluding steroid dienone is 3. The van der Waals surface area contributed by atoms with Crippen molar-refractivity contribution in [3.05, 3.63) is 59.7 Å². The minimum Gasteiger partial charge on any atom is -0.396 e. The normalized spacial score (nSPS) is 28.7. The summed E-state index contributed by atoms with van der Waals surface area (Å²) in [5.41, 5.74) is 0.438. The van der Waals surface area contributed by atoms with Crippen molar-refractivity contribution in [3.8, 4) is 6.07 Å². The summed E-state index contributed by atoms with van der Waals surface area (Å²) >= 11 is 5.46. The smallest absolute Gasteiger partial charge is 0.257 e. The van der Waals surface area contributed by atoms with Crippen molar-refractivity contribution in [2.24, 2.45) is 11.8 Å². The fraction of sp³-hybridized carbons (Fsp3) is 0.409. The molecule has 1 aliphatic heterocycles. The number of nitriles is 1. The average Bonchev–Trinajstić information content (AvgIpc) is 2.75. The first kappa shape index (κ1) is 21.2. The lowest BCUT2D eigenvalue weighted by Gasteiger charge is -2.50. The van der Waals surface area contributed by atoms with E-state index in [1.54, 1.807) is 30.3 Å². The van der Waals surface area contributed by atoms with Crippen LogP contribution in [0.2, 0.25) is 0 Å². The molecule has 1 aromatic carbocycles. The molecule has 0 bridgehead atoms. The number of hydrogen-bond donors (Lipinski definition) is 3. The third kappa shape index (κ3) is 4.73. The first-order valence-electron chi connectivity index (χ1n) is 9.67. The molecule has 0 radical (unpaired) electrons. The molecule has 1 heterocycles. The number of thiocarbonyl (C=S) groups is 1. The van der Waals surface area contributed by atoms with Gasteiger partial charge in [0, 0.05) is 29.6 Å². The predicted octanol–water partition coefficient (Wildman–Crippen LogP) is 2.47. The van der Waals surface area contributed by atoms with Crippen molar-refractivity contribution in [1.29, 1.82) is 5.26 Å². The van der Waals surface area contributed by atoms with Crippen LogP contribution < -0.4 is 10.6 Å². The number of benzene rings is 1. The summed E-state index contributed by atoms with van der Waals surface area (Å²) in [4.78, 5) is 12.5. The van der Waals surface area contributed by atoms with E-state index in [9.17, 15) is 15.2 Å². The summed E-state index contributed by atoms with van der Waals surface area (Å²) in [6.45, 7) is 2.24. The lowest BCUT2D eigenvalue weighted by Crippen LogP contribution is -2.66. The molecular weight excluding hydrogens is 386 g/mol. The Morgan fingerprint density at radius 2 is 2.17 bits per heavy atom. The molecule has 1 aliphatic carbocycles. The predicted molar refractivity (Wildman–Crippen MR) is 114 cm³/mol. The molecular formula is C22H25N3O3S. The number of aliphatic hydroxyl groups excluding tert-OH is 1. The quantitative estimate of drug-likeness (QED) is 0.659. The highest BCUT2D eigenvalue weighted by Gasteiger charge is 2.49. The zero-order chi connectivity index (χ0) is 20.9. The average molecular weight is 412 g/mol. The van der Waals surface area contributed by atoms with Gasteiger partial charge in [0.05, 0.1) is 24.3 Å². The third-order valence-electron chi connectivity index (χ3n) is 5.67. The van der Waals surface area contributed by atoms with E-state index in [0.717, 1.165) is 0 Å². The largest absolute Gasteiger partial charge is 0.396 e. The molecule has 29 heavy (non-hydrogen) atoms. The Morgan fingerprint density at radius 1 is 1.41 bits per heavy atom. The van der Waals surface area contributed by atoms with Crippen molar-refractivity contribution in [1.82, 2.24) is 10.6 Å². The van der Waals surface area contributed by atoms with E-state index in [1.165, 1.54) is 0 Å². The summed E-state index contributed by atoms with van der Waals surface area (Å²) in [6, 6.07) is 11.0. The Hall–Kier alpha value is -2.53. The van der Waals surface area contributed by atoms with Crippen molar-refractivity contribution in [2.45, 2.75) is 31.4 Å². The van der Waals surface area contributed by atoms with Crippen LogP contribution in [0.1, 0.15) is 30.1 Å².